The summed E-state index contributed by atoms with van der Waals surface area (Å²) >= 11 is 0. The minimum atomic E-state index is -2.15. The van der Waals surface area contributed by atoms with Gasteiger partial charge in [-0.1, -0.05) is 26.2 Å². The van der Waals surface area contributed by atoms with Crippen molar-refractivity contribution in [3.8, 4) is 0 Å². The van der Waals surface area contributed by atoms with E-state index in [0.29, 0.717) is 6.10 Å². The fraction of sp³-hybridized carbons (Fsp3) is 1.00. The molecule has 0 aromatic heterocycles. The minimum Gasteiger partial charge on any atom is -0.396 e. The van der Waals surface area contributed by atoms with E-state index >= 15 is 0 Å². The summed E-state index contributed by atoms with van der Waals surface area (Å²) in [6.45, 7) is 5.24. The molecule has 0 aromatic rings. The van der Waals surface area contributed by atoms with Gasteiger partial charge in [-0.05, 0) is 25.8 Å². The van der Waals surface area contributed by atoms with Crippen molar-refractivity contribution in [2.75, 3.05) is 27.9 Å². The molecule has 2 unspecified atom stereocenters. The van der Waals surface area contributed by atoms with E-state index in [1.54, 1.807) is 21.3 Å². The number of hydrogen-bond acceptors (Lipinski definition) is 4. The first-order valence-electron chi connectivity index (χ1n) is 7.36. The average Bonchev–Trinajstić information content (AvgIpc) is 3.23. The maximum Gasteiger partial charge on any atom is 0.370 e. The van der Waals surface area contributed by atoms with Crippen molar-refractivity contribution in [3.63, 3.8) is 0 Å². The van der Waals surface area contributed by atoms with Crippen LogP contribution in [0.4, 0.5) is 0 Å². The predicted molar refractivity (Wildman–Crippen MR) is 78.5 cm³/mol. The van der Waals surface area contributed by atoms with Gasteiger partial charge in [-0.15, -0.1) is 0 Å². The molecule has 5 heteroatoms. The Bertz CT molecular complexity index is 250. The number of hydrogen-bond donors (Lipinski definition) is 0. The molecule has 0 aliphatic carbocycles. The predicted octanol–water partition coefficient (Wildman–Crippen LogP) is 3.03. The van der Waals surface area contributed by atoms with Crippen LogP contribution in [0.2, 0.25) is 6.04 Å². The summed E-state index contributed by atoms with van der Waals surface area (Å²) in [5.74, 6) is 0. The molecule has 2 aliphatic heterocycles. The molecule has 2 saturated heterocycles. The lowest BCUT2D eigenvalue weighted by molar-refractivity contribution is -0.0149. The van der Waals surface area contributed by atoms with Crippen LogP contribution in [0.25, 0.3) is 0 Å². The summed E-state index contributed by atoms with van der Waals surface area (Å²) in [6, 6.07) is 1.06. The number of ether oxygens (including phenoxy) is 2. The minimum absolute atomic E-state index is 0.122. The van der Waals surface area contributed by atoms with Crippen molar-refractivity contribution in [1.29, 1.82) is 0 Å². The highest BCUT2D eigenvalue weighted by molar-refractivity contribution is 6.70. The van der Waals surface area contributed by atoms with Gasteiger partial charge in [0.2, 0.25) is 0 Å². The smallest absolute Gasteiger partial charge is 0.370 e. The zero-order valence-electron chi connectivity index (χ0n) is 13.2. The molecule has 2 rings (SSSR count). The van der Waals surface area contributed by atoms with Gasteiger partial charge in [0.1, 0.15) is 5.22 Å². The molecule has 0 N–H and O–H groups in total. The molecule has 0 aromatic carbocycles. The van der Waals surface area contributed by atoms with Crippen LogP contribution >= 0.6 is 0 Å². The van der Waals surface area contributed by atoms with Crippen molar-refractivity contribution in [2.24, 2.45) is 0 Å². The summed E-state index contributed by atoms with van der Waals surface area (Å²) in [5.41, 5.74) is 0. The Kier molecular flexibility index (Phi) is 6.97. The third kappa shape index (κ3) is 4.01. The maximum absolute atomic E-state index is 5.83. The first kappa shape index (κ1) is 17.1. The van der Waals surface area contributed by atoms with E-state index in [4.69, 9.17) is 18.3 Å². The molecular weight excluding hydrogens is 260 g/mol. The summed E-state index contributed by atoms with van der Waals surface area (Å²) in [4.78, 5) is 0. The molecular formula is C14H30O4Si. The molecule has 2 aliphatic rings. The Morgan fingerprint density at radius 3 is 2.16 bits per heavy atom. The lowest BCUT2D eigenvalue weighted by Crippen LogP contribution is -2.64. The van der Waals surface area contributed by atoms with E-state index in [1.807, 2.05) is 0 Å². The first-order chi connectivity index (χ1) is 9.09. The van der Waals surface area contributed by atoms with Crippen molar-refractivity contribution in [1.82, 2.24) is 0 Å². The lowest BCUT2D eigenvalue weighted by Gasteiger charge is -2.47. The van der Waals surface area contributed by atoms with Crippen LogP contribution in [-0.4, -0.2) is 47.8 Å². The largest absolute Gasteiger partial charge is 0.396 e. The molecule has 114 valence electrons. The third-order valence-corrected chi connectivity index (χ3v) is 8.66. The molecule has 0 bridgehead atoms. The van der Waals surface area contributed by atoms with Gasteiger partial charge in [-0.25, -0.2) is 0 Å². The van der Waals surface area contributed by atoms with Gasteiger partial charge < -0.3 is 18.3 Å². The van der Waals surface area contributed by atoms with Crippen molar-refractivity contribution >= 4 is 8.56 Å². The van der Waals surface area contributed by atoms with Gasteiger partial charge in [0.25, 0.3) is 0 Å². The number of rotatable bonds is 5. The van der Waals surface area contributed by atoms with Crippen LogP contribution in [0.15, 0.2) is 0 Å². The molecule has 4 nitrogen and oxygen atoms in total. The highest BCUT2D eigenvalue weighted by Crippen LogP contribution is 2.42. The Hall–Kier alpha value is 0.0569. The van der Waals surface area contributed by atoms with Crippen LogP contribution < -0.4 is 0 Å². The Labute approximate surface area is 119 Å². The quantitative estimate of drug-likeness (QED) is 0.576. The standard InChI is InChI=1S/C11H24O3Si.C3H6O/c1-5-8-11(12-2)9-6-7-10-15(11,13-3)14-4;1-3-2-4-3/h5-10H2,1-4H3;3H,2H2,1H3. The average molecular weight is 290 g/mol. The fourth-order valence-corrected chi connectivity index (χ4v) is 7.01. The zero-order chi connectivity index (χ0) is 14.4. The SMILES string of the molecule is CC1CO1.CCCC1(OC)CCCC[Si]1(OC)OC. The van der Waals surface area contributed by atoms with E-state index in [0.717, 1.165) is 31.9 Å². The normalized spacial score (nSPS) is 32.4. The van der Waals surface area contributed by atoms with Gasteiger partial charge in [-0.2, -0.15) is 0 Å². The number of methoxy groups -OCH3 is 1. The second-order valence-corrected chi connectivity index (χ2v) is 9.19. The summed E-state index contributed by atoms with van der Waals surface area (Å²) < 4.78 is 22.1. The van der Waals surface area contributed by atoms with Crippen LogP contribution in [0, 0.1) is 0 Å². The highest BCUT2D eigenvalue weighted by atomic mass is 28.4. The molecule has 2 heterocycles. The monoisotopic (exact) mass is 290 g/mol. The van der Waals surface area contributed by atoms with Crippen LogP contribution in [0.5, 0.6) is 0 Å². The molecule has 0 amide bonds. The molecule has 0 saturated carbocycles. The summed E-state index contributed by atoms with van der Waals surface area (Å²) in [5, 5.41) is -0.122. The first-order valence-corrected chi connectivity index (χ1v) is 9.39. The second kappa shape index (κ2) is 7.74. The van der Waals surface area contributed by atoms with Crippen LogP contribution in [0.3, 0.4) is 0 Å². The second-order valence-electron chi connectivity index (χ2n) is 5.46. The van der Waals surface area contributed by atoms with Gasteiger partial charge in [-0.3, -0.25) is 0 Å². The van der Waals surface area contributed by atoms with Crippen molar-refractivity contribution in [3.05, 3.63) is 0 Å². The van der Waals surface area contributed by atoms with E-state index in [2.05, 4.69) is 13.8 Å². The van der Waals surface area contributed by atoms with Crippen molar-refractivity contribution in [2.45, 2.75) is 63.3 Å². The van der Waals surface area contributed by atoms with Crippen LogP contribution in [0.1, 0.15) is 46.0 Å². The Balaban J connectivity index is 0.000000382. The van der Waals surface area contributed by atoms with Gasteiger partial charge in [0.05, 0.1) is 12.7 Å². The Morgan fingerprint density at radius 2 is 1.79 bits per heavy atom. The molecule has 19 heavy (non-hydrogen) atoms. The van der Waals surface area contributed by atoms with E-state index in [-0.39, 0.29) is 5.22 Å². The summed E-state index contributed by atoms with van der Waals surface area (Å²) in [6.07, 6.45) is 6.29. The molecule has 0 spiro atoms. The van der Waals surface area contributed by atoms with Crippen molar-refractivity contribution < 1.29 is 18.3 Å². The zero-order valence-corrected chi connectivity index (χ0v) is 14.2. The van der Waals surface area contributed by atoms with E-state index in [1.165, 1.54) is 12.8 Å². The maximum atomic E-state index is 5.83. The van der Waals surface area contributed by atoms with Crippen LogP contribution in [-0.2, 0) is 18.3 Å². The van der Waals surface area contributed by atoms with Gasteiger partial charge in [0.15, 0.2) is 0 Å². The molecule has 0 radical (unpaired) electrons. The fourth-order valence-electron chi connectivity index (χ4n) is 3.02. The third-order valence-electron chi connectivity index (χ3n) is 4.23. The Morgan fingerprint density at radius 1 is 1.21 bits per heavy atom. The van der Waals surface area contributed by atoms with Gasteiger partial charge in [0, 0.05) is 21.3 Å². The molecule has 2 atom stereocenters. The summed E-state index contributed by atoms with van der Waals surface area (Å²) in [7, 11) is 3.22. The van der Waals surface area contributed by atoms with Gasteiger partial charge >= 0.3 is 8.56 Å². The van der Waals surface area contributed by atoms with E-state index in [9.17, 15) is 0 Å². The molecule has 2 fully saturated rings. The topological polar surface area (TPSA) is 40.2 Å². The number of epoxide rings is 1. The highest BCUT2D eigenvalue weighted by Gasteiger charge is 2.58. The lowest BCUT2D eigenvalue weighted by atomic mass is 10.1. The van der Waals surface area contributed by atoms with E-state index < -0.39 is 8.56 Å².